The van der Waals surface area contributed by atoms with Crippen LogP contribution < -0.4 is 9.47 Å². The highest BCUT2D eigenvalue weighted by Crippen LogP contribution is 2.63. The average molecular weight is 393 g/mol. The zero-order valence-electron chi connectivity index (χ0n) is 17.2. The van der Waals surface area contributed by atoms with Gasteiger partial charge in [-0.05, 0) is 64.3 Å². The number of esters is 1. The number of ketones is 1. The standard InChI is InChI=1S/C24H27NO4/c1-14(2)5-4-6-20(27)28-19-10-7-15-13-17-16-8-9-18(26)23-24(16,11-12-25(17)3)21(15)22(19)29-23/h4-7,10,16-17,23H,8-9,11-13H2,1-3H3/b6-4+/t16-,17+,23-,24-/m0/s1. The number of allylic oxidation sites excluding steroid dienone is 3. The highest BCUT2D eigenvalue weighted by atomic mass is 16.6. The predicted molar refractivity (Wildman–Crippen MR) is 109 cm³/mol. The first kappa shape index (κ1) is 18.6. The van der Waals surface area contributed by atoms with Gasteiger partial charge in [-0.25, -0.2) is 4.79 Å². The van der Waals surface area contributed by atoms with Gasteiger partial charge >= 0.3 is 5.97 Å². The van der Waals surface area contributed by atoms with Crippen molar-refractivity contribution in [3.05, 3.63) is 47.1 Å². The van der Waals surface area contributed by atoms with E-state index in [-0.39, 0.29) is 11.2 Å². The number of piperidine rings is 1. The Morgan fingerprint density at radius 3 is 2.97 bits per heavy atom. The number of benzene rings is 1. The molecule has 0 N–H and O–H groups in total. The second-order valence-electron chi connectivity index (χ2n) is 9.10. The lowest BCUT2D eigenvalue weighted by molar-refractivity contribution is -0.138. The van der Waals surface area contributed by atoms with Crippen LogP contribution in [0, 0.1) is 5.92 Å². The minimum Gasteiger partial charge on any atom is -0.477 e. The van der Waals surface area contributed by atoms with Crippen LogP contribution in [0.25, 0.3) is 0 Å². The molecule has 1 aromatic rings. The smallest absolute Gasteiger partial charge is 0.336 e. The van der Waals surface area contributed by atoms with Crippen molar-refractivity contribution in [2.75, 3.05) is 13.6 Å². The van der Waals surface area contributed by atoms with Crippen LogP contribution >= 0.6 is 0 Å². The minimum atomic E-state index is -0.437. The molecule has 2 heterocycles. The quantitative estimate of drug-likeness (QED) is 0.341. The normalized spacial score (nSPS) is 32.0. The first-order valence-electron chi connectivity index (χ1n) is 10.5. The van der Waals surface area contributed by atoms with E-state index in [1.165, 1.54) is 11.6 Å². The van der Waals surface area contributed by atoms with Gasteiger partial charge in [-0.3, -0.25) is 4.79 Å². The SMILES string of the molecule is CC(C)=C/C=C/C(=O)Oc1ccc2c3c1O[C@H]1C(=O)CC[C@H]4[C@@H](C2)N(C)CC[C@]314. The molecular weight excluding hydrogens is 366 g/mol. The molecule has 152 valence electrons. The number of nitrogens with zero attached hydrogens (tertiary/aromatic N) is 1. The van der Waals surface area contributed by atoms with Gasteiger partial charge in [-0.2, -0.15) is 0 Å². The van der Waals surface area contributed by atoms with Crippen molar-refractivity contribution in [1.82, 2.24) is 4.90 Å². The summed E-state index contributed by atoms with van der Waals surface area (Å²) < 4.78 is 12.0. The van der Waals surface area contributed by atoms with Crippen molar-refractivity contribution < 1.29 is 19.1 Å². The van der Waals surface area contributed by atoms with E-state index in [0.29, 0.717) is 29.9 Å². The van der Waals surface area contributed by atoms with Gasteiger partial charge in [0.05, 0.1) is 0 Å². The van der Waals surface area contributed by atoms with E-state index in [9.17, 15) is 9.59 Å². The molecule has 1 spiro atoms. The fraction of sp³-hybridized carbons (Fsp3) is 0.500. The topological polar surface area (TPSA) is 55.8 Å². The van der Waals surface area contributed by atoms with Gasteiger partial charge in [0.25, 0.3) is 0 Å². The molecule has 2 fully saturated rings. The van der Waals surface area contributed by atoms with E-state index in [4.69, 9.17) is 9.47 Å². The van der Waals surface area contributed by atoms with Crippen LogP contribution in [0.3, 0.4) is 0 Å². The number of carbonyl (C=O) groups is 2. The van der Waals surface area contributed by atoms with E-state index < -0.39 is 12.1 Å². The third-order valence-corrected chi connectivity index (χ3v) is 7.24. The van der Waals surface area contributed by atoms with Crippen LogP contribution in [0.2, 0.25) is 0 Å². The monoisotopic (exact) mass is 393 g/mol. The van der Waals surface area contributed by atoms with Crippen molar-refractivity contribution in [2.45, 2.75) is 57.1 Å². The maximum absolute atomic E-state index is 12.9. The van der Waals surface area contributed by atoms with E-state index >= 15 is 0 Å². The fourth-order valence-corrected chi connectivity index (χ4v) is 6.05. The molecule has 0 radical (unpaired) electrons. The lowest BCUT2D eigenvalue weighted by Gasteiger charge is -2.57. The van der Waals surface area contributed by atoms with Crippen LogP contribution in [-0.4, -0.2) is 42.4 Å². The van der Waals surface area contributed by atoms with Gasteiger partial charge in [0.1, 0.15) is 0 Å². The summed E-state index contributed by atoms with van der Waals surface area (Å²) >= 11 is 0. The molecule has 2 aliphatic heterocycles. The molecule has 0 unspecified atom stereocenters. The molecule has 4 atom stereocenters. The van der Waals surface area contributed by atoms with Crippen LogP contribution in [0.5, 0.6) is 11.5 Å². The molecule has 4 aliphatic rings. The summed E-state index contributed by atoms with van der Waals surface area (Å²) in [5, 5.41) is 0. The molecule has 2 bridgehead atoms. The highest BCUT2D eigenvalue weighted by Gasteiger charge is 2.65. The summed E-state index contributed by atoms with van der Waals surface area (Å²) in [6.07, 6.45) is 7.90. The Hall–Kier alpha value is -2.40. The van der Waals surface area contributed by atoms with Crippen LogP contribution in [0.15, 0.2) is 35.9 Å². The Morgan fingerprint density at radius 1 is 1.34 bits per heavy atom. The third kappa shape index (κ3) is 2.63. The van der Waals surface area contributed by atoms with Crippen LogP contribution in [-0.2, 0) is 21.4 Å². The summed E-state index contributed by atoms with van der Waals surface area (Å²) in [6.45, 7) is 4.90. The molecule has 1 aromatic carbocycles. The van der Waals surface area contributed by atoms with E-state index in [1.54, 1.807) is 6.08 Å². The van der Waals surface area contributed by atoms with Crippen LogP contribution in [0.1, 0.15) is 44.2 Å². The lowest BCUT2D eigenvalue weighted by atomic mass is 9.52. The maximum atomic E-state index is 12.9. The number of hydrogen-bond donors (Lipinski definition) is 0. The largest absolute Gasteiger partial charge is 0.477 e. The second kappa shape index (κ2) is 6.56. The van der Waals surface area contributed by atoms with E-state index in [1.807, 2.05) is 26.0 Å². The number of likely N-dealkylation sites (tertiary alicyclic amines) is 1. The zero-order chi connectivity index (χ0) is 20.3. The summed E-state index contributed by atoms with van der Waals surface area (Å²) in [7, 11) is 2.19. The van der Waals surface area contributed by atoms with E-state index in [0.717, 1.165) is 36.9 Å². The Labute approximate surface area is 171 Å². The molecule has 0 amide bonds. The lowest BCUT2D eigenvalue weighted by Crippen LogP contribution is -2.65. The Balaban J connectivity index is 1.56. The average Bonchev–Trinajstić information content (AvgIpc) is 3.03. The number of hydrogen-bond acceptors (Lipinski definition) is 5. The first-order chi connectivity index (χ1) is 13.9. The molecule has 5 rings (SSSR count). The van der Waals surface area contributed by atoms with Crippen molar-refractivity contribution in [2.24, 2.45) is 5.92 Å². The summed E-state index contributed by atoms with van der Waals surface area (Å²) in [5.41, 5.74) is 3.23. The molecule has 1 saturated carbocycles. The number of Topliss-reactive ketones (excluding diaryl/α,β-unsaturated/α-hetero) is 1. The Morgan fingerprint density at radius 2 is 2.17 bits per heavy atom. The molecule has 1 saturated heterocycles. The second-order valence-corrected chi connectivity index (χ2v) is 9.10. The Kier molecular flexibility index (Phi) is 4.21. The summed E-state index contributed by atoms with van der Waals surface area (Å²) in [6, 6.07) is 4.34. The zero-order valence-corrected chi connectivity index (χ0v) is 17.2. The maximum Gasteiger partial charge on any atom is 0.336 e. The molecule has 0 aromatic heterocycles. The summed E-state index contributed by atoms with van der Waals surface area (Å²) in [4.78, 5) is 27.7. The van der Waals surface area contributed by atoms with Crippen molar-refractivity contribution in [3.8, 4) is 11.5 Å². The van der Waals surface area contributed by atoms with Gasteiger partial charge in [-0.15, -0.1) is 0 Å². The van der Waals surface area contributed by atoms with Gasteiger partial charge < -0.3 is 14.4 Å². The van der Waals surface area contributed by atoms with Crippen molar-refractivity contribution >= 4 is 11.8 Å². The van der Waals surface area contributed by atoms with E-state index in [2.05, 4.69) is 18.0 Å². The number of likely N-dealkylation sites (N-methyl/N-ethyl adjacent to an activating group) is 1. The molecule has 29 heavy (non-hydrogen) atoms. The number of rotatable bonds is 3. The van der Waals surface area contributed by atoms with Gasteiger partial charge in [0, 0.05) is 29.5 Å². The van der Waals surface area contributed by atoms with Crippen LogP contribution in [0.4, 0.5) is 0 Å². The highest BCUT2D eigenvalue weighted by molar-refractivity contribution is 5.90. The summed E-state index contributed by atoms with van der Waals surface area (Å²) in [5.74, 6) is 1.23. The van der Waals surface area contributed by atoms with Crippen molar-refractivity contribution in [1.29, 1.82) is 0 Å². The molecule has 5 heteroatoms. The predicted octanol–water partition coefficient (Wildman–Crippen LogP) is 3.35. The van der Waals surface area contributed by atoms with Gasteiger partial charge in [0.15, 0.2) is 23.4 Å². The fourth-order valence-electron chi connectivity index (χ4n) is 6.05. The third-order valence-electron chi connectivity index (χ3n) is 7.24. The number of ether oxygens (including phenoxy) is 2. The van der Waals surface area contributed by atoms with Gasteiger partial charge in [-0.1, -0.05) is 23.8 Å². The molecular formula is C24H27NO4. The van der Waals surface area contributed by atoms with Crippen molar-refractivity contribution in [3.63, 3.8) is 0 Å². The molecule has 2 aliphatic carbocycles. The molecule has 5 nitrogen and oxygen atoms in total. The Bertz CT molecular complexity index is 958. The first-order valence-corrected chi connectivity index (χ1v) is 10.5. The van der Waals surface area contributed by atoms with Gasteiger partial charge in [0.2, 0.25) is 0 Å². The minimum absolute atomic E-state index is 0.189. The number of carbonyl (C=O) groups excluding carboxylic acids is 2.